The van der Waals surface area contributed by atoms with Gasteiger partial charge in [0.2, 0.25) is 0 Å². The molecule has 0 aliphatic rings. The van der Waals surface area contributed by atoms with Crippen LogP contribution in [-0.4, -0.2) is 23.7 Å². The van der Waals surface area contributed by atoms with Gasteiger partial charge in [0, 0.05) is 29.8 Å². The molecule has 0 fully saturated rings. The summed E-state index contributed by atoms with van der Waals surface area (Å²) in [5, 5.41) is 5.05. The first-order valence-electron chi connectivity index (χ1n) is 6.27. The number of aryl methyl sites for hydroxylation is 2. The van der Waals surface area contributed by atoms with Crippen molar-refractivity contribution >= 4 is 21.8 Å². The molecule has 2 aromatic rings. The Balaban J connectivity index is 2.04. The molecule has 1 heterocycles. The lowest BCUT2D eigenvalue weighted by molar-refractivity contribution is 0.594. The van der Waals surface area contributed by atoms with Gasteiger partial charge in [0.25, 0.3) is 10.0 Å². The summed E-state index contributed by atoms with van der Waals surface area (Å²) in [6, 6.07) is 10.1. The molecule has 0 atom stereocenters. The quantitative estimate of drug-likeness (QED) is 0.826. The number of aromatic nitrogens is 2. The number of hydrogen-bond acceptors (Lipinski definition) is 4. The third kappa shape index (κ3) is 3.84. The van der Waals surface area contributed by atoms with Gasteiger partial charge in [0.05, 0.1) is 0 Å². The maximum absolute atomic E-state index is 11.3. The average molecular weight is 311 g/mol. The highest BCUT2D eigenvalue weighted by atomic mass is 32.2. The molecule has 5 nitrogen and oxygen atoms in total. The molecular weight excluding hydrogens is 294 g/mol. The van der Waals surface area contributed by atoms with Crippen LogP contribution in [0.2, 0.25) is 0 Å². The molecule has 0 spiro atoms. The Kier molecular flexibility index (Phi) is 4.85. The Bertz CT molecular complexity index is 666. The van der Waals surface area contributed by atoms with Crippen LogP contribution < -0.4 is 5.14 Å². The van der Waals surface area contributed by atoms with Crippen LogP contribution in [-0.2, 0) is 23.0 Å². The maximum Gasteiger partial charge on any atom is 0.257 e. The number of hydrogen-bond donors (Lipinski definition) is 1. The van der Waals surface area contributed by atoms with Crippen molar-refractivity contribution in [3.05, 3.63) is 42.4 Å². The van der Waals surface area contributed by atoms with Crippen molar-refractivity contribution in [1.29, 1.82) is 0 Å². The summed E-state index contributed by atoms with van der Waals surface area (Å²) in [6.07, 6.45) is 2.19. The summed E-state index contributed by atoms with van der Waals surface area (Å²) in [4.78, 5) is 5.26. The van der Waals surface area contributed by atoms with Crippen molar-refractivity contribution in [2.75, 3.05) is 5.75 Å². The van der Waals surface area contributed by atoms with E-state index in [1.54, 1.807) is 11.8 Å². The zero-order valence-corrected chi connectivity index (χ0v) is 12.8. The topological polar surface area (TPSA) is 78.0 Å². The number of benzene rings is 1. The van der Waals surface area contributed by atoms with Gasteiger partial charge >= 0.3 is 0 Å². The van der Waals surface area contributed by atoms with E-state index in [0.29, 0.717) is 13.0 Å². The highest BCUT2D eigenvalue weighted by Gasteiger charge is 2.15. The van der Waals surface area contributed by atoms with E-state index in [4.69, 9.17) is 5.14 Å². The number of sulfonamides is 1. The smallest absolute Gasteiger partial charge is 0.257 e. The van der Waals surface area contributed by atoms with Crippen molar-refractivity contribution in [3.8, 4) is 0 Å². The number of thioether (sulfide) groups is 1. The molecule has 0 aliphatic heterocycles. The average Bonchev–Trinajstić information content (AvgIpc) is 2.83. The van der Waals surface area contributed by atoms with Gasteiger partial charge in [-0.1, -0.05) is 25.1 Å². The van der Waals surface area contributed by atoms with E-state index in [9.17, 15) is 8.42 Å². The summed E-state index contributed by atoms with van der Waals surface area (Å²) < 4.78 is 24.5. The second-order valence-electron chi connectivity index (χ2n) is 4.25. The zero-order valence-electron chi connectivity index (χ0n) is 11.2. The number of nitrogens with zero attached hydrogens (tertiary/aromatic N) is 2. The number of nitrogens with two attached hydrogens (primary N) is 1. The highest BCUT2D eigenvalue weighted by Crippen LogP contribution is 2.18. The van der Waals surface area contributed by atoms with E-state index >= 15 is 0 Å². The summed E-state index contributed by atoms with van der Waals surface area (Å²) in [5.41, 5.74) is 0. The minimum atomic E-state index is -3.73. The van der Waals surface area contributed by atoms with Gasteiger partial charge in [-0.2, -0.15) is 0 Å². The summed E-state index contributed by atoms with van der Waals surface area (Å²) >= 11 is 1.72. The Morgan fingerprint density at radius 3 is 2.60 bits per heavy atom. The van der Waals surface area contributed by atoms with E-state index in [1.807, 2.05) is 29.7 Å². The molecule has 0 bridgehead atoms. The molecule has 0 saturated heterocycles. The lowest BCUT2D eigenvalue weighted by Gasteiger charge is -2.05. The zero-order chi connectivity index (χ0) is 14.6. The van der Waals surface area contributed by atoms with Crippen molar-refractivity contribution < 1.29 is 8.42 Å². The predicted molar refractivity (Wildman–Crippen MR) is 80.1 cm³/mol. The van der Waals surface area contributed by atoms with Gasteiger partial charge in [0.15, 0.2) is 5.03 Å². The number of imidazole rings is 1. The molecule has 108 valence electrons. The predicted octanol–water partition coefficient (Wildman–Crippen LogP) is 1.89. The van der Waals surface area contributed by atoms with Crippen LogP contribution in [0, 0.1) is 0 Å². The second kappa shape index (κ2) is 6.43. The molecule has 0 amide bonds. The first-order valence-corrected chi connectivity index (χ1v) is 8.80. The minimum absolute atomic E-state index is 0.0564. The van der Waals surface area contributed by atoms with Crippen LogP contribution >= 0.6 is 11.8 Å². The number of primary sulfonamides is 1. The molecule has 0 aliphatic carbocycles. The van der Waals surface area contributed by atoms with Gasteiger partial charge in [-0.25, -0.2) is 18.5 Å². The lowest BCUT2D eigenvalue weighted by atomic mass is 10.4. The van der Waals surface area contributed by atoms with Crippen LogP contribution in [0.1, 0.15) is 12.7 Å². The van der Waals surface area contributed by atoms with Gasteiger partial charge in [-0.05, 0) is 12.1 Å². The fraction of sp³-hybridized carbons (Fsp3) is 0.308. The van der Waals surface area contributed by atoms with Crippen LogP contribution in [0.25, 0.3) is 0 Å². The molecule has 2 N–H and O–H groups in total. The first-order chi connectivity index (χ1) is 9.50. The monoisotopic (exact) mass is 311 g/mol. The summed E-state index contributed by atoms with van der Waals surface area (Å²) in [5.74, 6) is 1.58. The summed E-state index contributed by atoms with van der Waals surface area (Å²) in [7, 11) is -3.73. The number of rotatable bonds is 6. The molecule has 2 rings (SSSR count). The SMILES string of the molecule is CCc1nc(S(N)(=O)=O)cn1CCSc1ccccc1. The van der Waals surface area contributed by atoms with E-state index in [0.717, 1.165) is 11.6 Å². The Labute approximate surface area is 123 Å². The van der Waals surface area contributed by atoms with Crippen LogP contribution in [0.15, 0.2) is 46.5 Å². The third-order valence-electron chi connectivity index (χ3n) is 2.79. The second-order valence-corrected chi connectivity index (χ2v) is 6.93. The fourth-order valence-corrected chi connectivity index (χ4v) is 3.20. The van der Waals surface area contributed by atoms with Crippen LogP contribution in [0.3, 0.4) is 0 Å². The molecule has 0 unspecified atom stereocenters. The van der Waals surface area contributed by atoms with Crippen molar-refractivity contribution in [2.24, 2.45) is 5.14 Å². The third-order valence-corrected chi connectivity index (χ3v) is 4.56. The van der Waals surface area contributed by atoms with Gasteiger partial charge in [0.1, 0.15) is 5.82 Å². The maximum atomic E-state index is 11.3. The van der Waals surface area contributed by atoms with Crippen LogP contribution in [0.4, 0.5) is 0 Å². The lowest BCUT2D eigenvalue weighted by Crippen LogP contribution is -2.12. The Hall–Kier alpha value is -1.31. The van der Waals surface area contributed by atoms with Crippen LogP contribution in [0.5, 0.6) is 0 Å². The van der Waals surface area contributed by atoms with Crippen molar-refractivity contribution in [2.45, 2.75) is 29.8 Å². The standard InChI is InChI=1S/C13H17N3O2S2/c1-2-12-15-13(20(14,17)18)10-16(12)8-9-19-11-6-4-3-5-7-11/h3-7,10H,2,8-9H2,1H3,(H2,14,17,18). The molecule has 1 aromatic carbocycles. The molecule has 20 heavy (non-hydrogen) atoms. The minimum Gasteiger partial charge on any atom is -0.333 e. The molecule has 0 radical (unpaired) electrons. The Morgan fingerprint density at radius 2 is 2.00 bits per heavy atom. The van der Waals surface area contributed by atoms with Crippen molar-refractivity contribution in [3.63, 3.8) is 0 Å². The van der Waals surface area contributed by atoms with Gasteiger partial charge in [-0.15, -0.1) is 11.8 Å². The highest BCUT2D eigenvalue weighted by molar-refractivity contribution is 7.99. The molecule has 1 aromatic heterocycles. The Morgan fingerprint density at radius 1 is 1.30 bits per heavy atom. The summed E-state index contributed by atoms with van der Waals surface area (Å²) in [6.45, 7) is 2.64. The van der Waals surface area contributed by atoms with Gasteiger partial charge < -0.3 is 4.57 Å². The first kappa shape index (κ1) is 15.1. The van der Waals surface area contributed by atoms with E-state index in [1.165, 1.54) is 11.1 Å². The fourth-order valence-electron chi connectivity index (χ4n) is 1.82. The molecule has 7 heteroatoms. The van der Waals surface area contributed by atoms with Gasteiger partial charge in [-0.3, -0.25) is 0 Å². The van der Waals surface area contributed by atoms with E-state index in [2.05, 4.69) is 17.1 Å². The largest absolute Gasteiger partial charge is 0.333 e. The molecular formula is C13H17N3O2S2. The van der Waals surface area contributed by atoms with E-state index < -0.39 is 10.0 Å². The normalized spacial score (nSPS) is 11.7. The molecule has 0 saturated carbocycles. The van der Waals surface area contributed by atoms with E-state index in [-0.39, 0.29) is 5.03 Å². The van der Waals surface area contributed by atoms with Crippen molar-refractivity contribution in [1.82, 2.24) is 9.55 Å².